The van der Waals surface area contributed by atoms with Crippen molar-refractivity contribution in [3.8, 4) is 11.1 Å². The molecule has 0 atom stereocenters. The van der Waals surface area contributed by atoms with Crippen LogP contribution in [0.5, 0.6) is 0 Å². The molecule has 0 saturated heterocycles. The second kappa shape index (κ2) is 7.05. The SMILES string of the molecule is O=C(Nc1ccc(-c2ccsc2)cc1C(=O)[OH2+])c1ccc2ccccc2c1. The normalized spacial score (nSPS) is 10.7. The van der Waals surface area contributed by atoms with E-state index < -0.39 is 5.97 Å². The second-order valence-electron chi connectivity index (χ2n) is 6.12. The molecule has 0 spiro atoms. The fraction of sp³-hybridized carbons (Fsp3) is 0. The smallest absolute Gasteiger partial charge is 0.551 e. The zero-order valence-corrected chi connectivity index (χ0v) is 15.0. The van der Waals surface area contributed by atoms with E-state index in [4.69, 9.17) is 5.11 Å². The topological polar surface area (TPSA) is 69.1 Å². The average Bonchev–Trinajstić information content (AvgIpc) is 3.22. The van der Waals surface area contributed by atoms with Gasteiger partial charge in [-0.25, -0.2) is 0 Å². The van der Waals surface area contributed by atoms with Crippen LogP contribution in [0.1, 0.15) is 20.7 Å². The van der Waals surface area contributed by atoms with Crippen LogP contribution in [0.3, 0.4) is 0 Å². The van der Waals surface area contributed by atoms with Crippen molar-refractivity contribution in [2.75, 3.05) is 5.32 Å². The predicted molar refractivity (Wildman–Crippen MR) is 110 cm³/mol. The van der Waals surface area contributed by atoms with E-state index >= 15 is 0 Å². The van der Waals surface area contributed by atoms with E-state index in [2.05, 4.69) is 5.32 Å². The lowest BCUT2D eigenvalue weighted by Crippen LogP contribution is -2.14. The van der Waals surface area contributed by atoms with Crippen molar-refractivity contribution in [1.82, 2.24) is 0 Å². The van der Waals surface area contributed by atoms with Gasteiger partial charge in [-0.05, 0) is 63.0 Å². The third-order valence-electron chi connectivity index (χ3n) is 4.38. The van der Waals surface area contributed by atoms with Crippen LogP contribution >= 0.6 is 11.3 Å². The molecule has 4 nitrogen and oxygen atoms in total. The molecule has 3 N–H and O–H groups in total. The highest BCUT2D eigenvalue weighted by Crippen LogP contribution is 2.27. The molecule has 1 heterocycles. The molecule has 1 amide bonds. The van der Waals surface area contributed by atoms with Crippen molar-refractivity contribution in [2.24, 2.45) is 0 Å². The molecule has 0 saturated carbocycles. The van der Waals surface area contributed by atoms with Gasteiger partial charge in [0.25, 0.3) is 5.91 Å². The molecule has 0 aliphatic carbocycles. The van der Waals surface area contributed by atoms with Crippen molar-refractivity contribution in [3.05, 3.63) is 88.6 Å². The summed E-state index contributed by atoms with van der Waals surface area (Å²) >= 11 is 1.56. The molecule has 5 heteroatoms. The number of amides is 1. The highest BCUT2D eigenvalue weighted by Gasteiger charge is 2.20. The molecule has 0 radical (unpaired) electrons. The van der Waals surface area contributed by atoms with Crippen molar-refractivity contribution < 1.29 is 14.7 Å². The number of rotatable bonds is 4. The zero-order valence-electron chi connectivity index (χ0n) is 14.2. The maximum Gasteiger partial charge on any atom is 0.551 e. The maximum atomic E-state index is 12.7. The third-order valence-corrected chi connectivity index (χ3v) is 5.06. The Morgan fingerprint density at radius 2 is 1.67 bits per heavy atom. The standard InChI is InChI=1S/C22H15NO3S/c24-21(17-6-5-14-3-1-2-4-15(14)11-17)23-20-8-7-16(12-19(20)22(25)26)18-9-10-27-13-18/h1-13H,(H,23,24)(H,25,26)/p+1. The summed E-state index contributed by atoms with van der Waals surface area (Å²) < 4.78 is 0. The molecule has 0 aliphatic rings. The molecule has 132 valence electrons. The Bertz CT molecular complexity index is 1150. The van der Waals surface area contributed by atoms with E-state index in [1.807, 2.05) is 59.3 Å². The van der Waals surface area contributed by atoms with Crippen molar-refractivity contribution in [2.45, 2.75) is 0 Å². The maximum absolute atomic E-state index is 12.7. The molecule has 0 unspecified atom stereocenters. The Balaban J connectivity index is 1.66. The van der Waals surface area contributed by atoms with Gasteiger partial charge in [-0.1, -0.05) is 36.4 Å². The molecule has 0 fully saturated rings. The van der Waals surface area contributed by atoms with Crippen molar-refractivity contribution in [3.63, 3.8) is 0 Å². The Labute approximate surface area is 159 Å². The molecule has 1 aromatic heterocycles. The van der Waals surface area contributed by atoms with E-state index in [9.17, 15) is 9.59 Å². The summed E-state index contributed by atoms with van der Waals surface area (Å²) in [5.41, 5.74) is 2.84. The van der Waals surface area contributed by atoms with Crippen LogP contribution in [-0.2, 0) is 0 Å². The van der Waals surface area contributed by atoms with Crippen LogP contribution < -0.4 is 5.32 Å². The van der Waals surface area contributed by atoms with Gasteiger partial charge in [-0.15, -0.1) is 0 Å². The second-order valence-corrected chi connectivity index (χ2v) is 6.90. The number of nitrogens with one attached hydrogen (secondary N) is 1. The summed E-state index contributed by atoms with van der Waals surface area (Å²) in [6.07, 6.45) is 0. The number of benzene rings is 3. The molecule has 4 aromatic rings. The van der Waals surface area contributed by atoms with E-state index in [0.29, 0.717) is 11.3 Å². The van der Waals surface area contributed by atoms with Crippen molar-refractivity contribution in [1.29, 1.82) is 0 Å². The minimum Gasteiger partial charge on any atom is -0.561 e. The summed E-state index contributed by atoms with van der Waals surface area (Å²) in [6, 6.07) is 20.4. The summed E-state index contributed by atoms with van der Waals surface area (Å²) in [4.78, 5) is 24.5. The lowest BCUT2D eigenvalue weighted by atomic mass is 10.0. The van der Waals surface area contributed by atoms with Crippen LogP contribution in [0.25, 0.3) is 21.9 Å². The van der Waals surface area contributed by atoms with E-state index in [-0.39, 0.29) is 11.5 Å². The molecular formula is C22H16NO3S+. The number of anilines is 1. The fourth-order valence-electron chi connectivity index (χ4n) is 2.97. The summed E-state index contributed by atoms with van der Waals surface area (Å²) in [5.74, 6) is -1.15. The van der Waals surface area contributed by atoms with Gasteiger partial charge in [0.15, 0.2) is 0 Å². The van der Waals surface area contributed by atoms with Gasteiger partial charge in [-0.2, -0.15) is 11.3 Å². The number of hydrogen-bond donors (Lipinski definition) is 1. The van der Waals surface area contributed by atoms with Gasteiger partial charge >= 0.3 is 5.97 Å². The van der Waals surface area contributed by atoms with E-state index in [1.165, 1.54) is 0 Å². The molecule has 4 rings (SSSR count). The predicted octanol–water partition coefficient (Wildman–Crippen LogP) is 4.69. The van der Waals surface area contributed by atoms with Crippen LogP contribution in [0.15, 0.2) is 77.5 Å². The minimum atomic E-state index is -0.833. The zero-order chi connectivity index (χ0) is 18.8. The van der Waals surface area contributed by atoms with Gasteiger partial charge in [0.05, 0.1) is 5.69 Å². The van der Waals surface area contributed by atoms with Gasteiger partial charge in [0, 0.05) is 10.4 Å². The summed E-state index contributed by atoms with van der Waals surface area (Å²) in [5, 5.41) is 16.3. The van der Waals surface area contributed by atoms with Gasteiger partial charge in [0.2, 0.25) is 0 Å². The van der Waals surface area contributed by atoms with Crippen molar-refractivity contribution >= 4 is 39.7 Å². The Kier molecular flexibility index (Phi) is 4.44. The van der Waals surface area contributed by atoms with E-state index in [1.54, 1.807) is 29.5 Å². The lowest BCUT2D eigenvalue weighted by Gasteiger charge is -2.09. The van der Waals surface area contributed by atoms with E-state index in [0.717, 1.165) is 21.9 Å². The largest absolute Gasteiger partial charge is 0.561 e. The summed E-state index contributed by atoms with van der Waals surface area (Å²) in [7, 11) is 0. The molecule has 3 aromatic carbocycles. The number of thiophene rings is 1. The minimum absolute atomic E-state index is 0.174. The summed E-state index contributed by atoms with van der Waals surface area (Å²) in [6.45, 7) is 0. The van der Waals surface area contributed by atoms with Crippen LogP contribution in [-0.4, -0.2) is 17.0 Å². The number of carbonyl (C=O) groups is 2. The Hall–Kier alpha value is -3.44. The highest BCUT2D eigenvalue weighted by atomic mass is 32.1. The molecule has 27 heavy (non-hydrogen) atoms. The van der Waals surface area contributed by atoms with Crippen LogP contribution in [0.4, 0.5) is 5.69 Å². The fourth-order valence-corrected chi connectivity index (χ4v) is 3.64. The molecule has 0 bridgehead atoms. The molecular weight excluding hydrogens is 358 g/mol. The third kappa shape index (κ3) is 3.45. The number of fused-ring (bicyclic) bond motifs is 1. The van der Waals surface area contributed by atoms with Crippen LogP contribution in [0.2, 0.25) is 0 Å². The highest BCUT2D eigenvalue weighted by molar-refractivity contribution is 7.08. The van der Waals surface area contributed by atoms with Gasteiger partial charge in [-0.3, -0.25) is 4.79 Å². The first kappa shape index (κ1) is 17.0. The Morgan fingerprint density at radius 1 is 0.852 bits per heavy atom. The quantitative estimate of drug-likeness (QED) is 0.527. The number of hydrogen-bond acceptors (Lipinski definition) is 3. The lowest BCUT2D eigenvalue weighted by molar-refractivity contribution is 0.0698. The first-order valence-electron chi connectivity index (χ1n) is 8.34. The first-order valence-corrected chi connectivity index (χ1v) is 9.29. The number of carbonyl (C=O) groups excluding carboxylic acids is 2. The average molecular weight is 374 g/mol. The van der Waals surface area contributed by atoms with Crippen LogP contribution in [0, 0.1) is 0 Å². The molecule has 0 aliphatic heterocycles. The van der Waals surface area contributed by atoms with Gasteiger partial charge in [0.1, 0.15) is 5.56 Å². The first-order chi connectivity index (χ1) is 13.1. The van der Waals surface area contributed by atoms with Gasteiger partial charge < -0.3 is 10.4 Å². The Morgan fingerprint density at radius 3 is 2.41 bits per heavy atom. The monoisotopic (exact) mass is 374 g/mol.